The number of aryl methyl sites for hydroxylation is 2. The van der Waals surface area contributed by atoms with Gasteiger partial charge in [0.05, 0.1) is 20.8 Å². The molecule has 0 saturated heterocycles. The van der Waals surface area contributed by atoms with Crippen molar-refractivity contribution in [1.82, 2.24) is 9.97 Å². The summed E-state index contributed by atoms with van der Waals surface area (Å²) >= 11 is 1.86. The van der Waals surface area contributed by atoms with E-state index >= 15 is 0 Å². The second-order valence-corrected chi connectivity index (χ2v) is 20.3. The SMILES string of the molecule is Cc1ccccc1-c1ccc2c3ccc(-c4ccccc4C)cc3c3nc4c(-c5cccc6c5-c5ccccc5C6(C)C)sc(-c5cccc6c5-c5ccccc5C6(C)C)c4nc3c2c1. The Kier molecular flexibility index (Phi) is 8.04. The maximum Gasteiger partial charge on any atom is 0.109 e. The van der Waals surface area contributed by atoms with Gasteiger partial charge >= 0.3 is 0 Å². The molecule has 2 aromatic heterocycles. The van der Waals surface area contributed by atoms with Crippen LogP contribution in [0.1, 0.15) is 61.1 Å². The zero-order chi connectivity index (χ0) is 43.9. The summed E-state index contributed by atoms with van der Waals surface area (Å²) in [5.74, 6) is 0. The van der Waals surface area contributed by atoms with E-state index in [-0.39, 0.29) is 10.8 Å². The van der Waals surface area contributed by atoms with Crippen molar-refractivity contribution in [1.29, 1.82) is 0 Å². The van der Waals surface area contributed by atoms with Crippen LogP contribution >= 0.6 is 11.3 Å². The molecule has 0 atom stereocenters. The molecule has 0 saturated carbocycles. The number of hydrogen-bond acceptors (Lipinski definition) is 3. The smallest absolute Gasteiger partial charge is 0.109 e. The van der Waals surface area contributed by atoms with Gasteiger partial charge in [0.15, 0.2) is 0 Å². The topological polar surface area (TPSA) is 25.8 Å². The Balaban J connectivity index is 1.20. The highest BCUT2D eigenvalue weighted by molar-refractivity contribution is 7.21. The molecule has 0 N–H and O–H groups in total. The van der Waals surface area contributed by atoms with Crippen molar-refractivity contribution in [2.24, 2.45) is 0 Å². The quantitative estimate of drug-likeness (QED) is 0.165. The fraction of sp³-hybridized carbons (Fsp3) is 0.129. The second-order valence-electron chi connectivity index (χ2n) is 19.3. The monoisotopic (exact) mass is 850 g/mol. The predicted octanol–water partition coefficient (Wildman–Crippen LogP) is 17.0. The van der Waals surface area contributed by atoms with E-state index in [1.165, 1.54) is 99.8 Å². The first-order valence-corrected chi connectivity index (χ1v) is 23.6. The summed E-state index contributed by atoms with van der Waals surface area (Å²) in [7, 11) is 0. The number of hydrogen-bond donors (Lipinski definition) is 0. The van der Waals surface area contributed by atoms with Crippen molar-refractivity contribution in [3.8, 4) is 65.4 Å². The van der Waals surface area contributed by atoms with Gasteiger partial charge in [0.25, 0.3) is 0 Å². The molecule has 11 aromatic rings. The molecule has 3 heteroatoms. The van der Waals surface area contributed by atoms with Crippen LogP contribution in [0.4, 0.5) is 0 Å². The van der Waals surface area contributed by atoms with Crippen LogP contribution in [0, 0.1) is 13.8 Å². The van der Waals surface area contributed by atoms with Gasteiger partial charge < -0.3 is 0 Å². The number of benzene rings is 9. The first-order chi connectivity index (χ1) is 31.6. The molecule has 0 aliphatic heterocycles. The number of thiophene rings is 1. The first kappa shape index (κ1) is 38.3. The number of aromatic nitrogens is 2. The third-order valence-corrected chi connectivity index (χ3v) is 16.2. The number of fused-ring (bicyclic) bond motifs is 13. The predicted molar refractivity (Wildman–Crippen MR) is 276 cm³/mol. The number of rotatable bonds is 4. The van der Waals surface area contributed by atoms with E-state index in [1.54, 1.807) is 0 Å². The molecule has 0 bridgehead atoms. The van der Waals surface area contributed by atoms with Gasteiger partial charge in [0, 0.05) is 32.7 Å². The van der Waals surface area contributed by atoms with Crippen molar-refractivity contribution < 1.29 is 0 Å². The normalized spacial score (nSPS) is 14.2. The Labute approximate surface area is 383 Å². The van der Waals surface area contributed by atoms with E-state index in [4.69, 9.17) is 9.97 Å². The van der Waals surface area contributed by atoms with E-state index in [0.29, 0.717) is 0 Å². The minimum Gasteiger partial charge on any atom is -0.242 e. The lowest BCUT2D eigenvalue weighted by molar-refractivity contribution is 0.660. The summed E-state index contributed by atoms with van der Waals surface area (Å²) in [4.78, 5) is 14.3. The maximum absolute atomic E-state index is 5.99. The molecule has 2 heterocycles. The molecule has 0 spiro atoms. The molecule has 2 aliphatic rings. The average Bonchev–Trinajstić information content (AvgIpc) is 3.90. The van der Waals surface area contributed by atoms with Gasteiger partial charge in [-0.3, -0.25) is 0 Å². The summed E-state index contributed by atoms with van der Waals surface area (Å²) < 4.78 is 0. The van der Waals surface area contributed by atoms with Gasteiger partial charge in [-0.15, -0.1) is 11.3 Å². The van der Waals surface area contributed by atoms with Crippen molar-refractivity contribution in [2.45, 2.75) is 52.4 Å². The van der Waals surface area contributed by atoms with Crippen LogP contribution in [-0.4, -0.2) is 9.97 Å². The molecule has 0 radical (unpaired) electrons. The lowest BCUT2D eigenvalue weighted by Gasteiger charge is -2.21. The lowest BCUT2D eigenvalue weighted by Crippen LogP contribution is -2.14. The molecular formula is C62H46N2S. The van der Waals surface area contributed by atoms with E-state index < -0.39 is 0 Å². The van der Waals surface area contributed by atoms with E-state index in [2.05, 4.69) is 211 Å². The van der Waals surface area contributed by atoms with E-state index in [1.807, 2.05) is 11.3 Å². The molecular weight excluding hydrogens is 805 g/mol. The highest BCUT2D eigenvalue weighted by Crippen LogP contribution is 2.58. The fourth-order valence-electron chi connectivity index (χ4n) is 11.7. The third kappa shape index (κ3) is 5.34. The molecule has 13 rings (SSSR count). The van der Waals surface area contributed by atoms with Crippen molar-refractivity contribution in [3.63, 3.8) is 0 Å². The Morgan fingerprint density at radius 1 is 0.338 bits per heavy atom. The van der Waals surface area contributed by atoms with Gasteiger partial charge in [-0.05, 0) is 115 Å². The Bertz CT molecular complexity index is 3610. The highest BCUT2D eigenvalue weighted by atomic mass is 32.1. The maximum atomic E-state index is 5.99. The lowest BCUT2D eigenvalue weighted by atomic mass is 9.82. The van der Waals surface area contributed by atoms with Crippen molar-refractivity contribution in [2.75, 3.05) is 0 Å². The van der Waals surface area contributed by atoms with Crippen LogP contribution in [0.3, 0.4) is 0 Å². The summed E-state index contributed by atoms with van der Waals surface area (Å²) in [6.07, 6.45) is 0. The van der Waals surface area contributed by atoms with Gasteiger partial charge in [-0.1, -0.05) is 185 Å². The van der Waals surface area contributed by atoms with Crippen LogP contribution in [0.2, 0.25) is 0 Å². The van der Waals surface area contributed by atoms with Crippen LogP contribution in [0.25, 0.3) is 109 Å². The minimum atomic E-state index is -0.137. The van der Waals surface area contributed by atoms with E-state index in [9.17, 15) is 0 Å². The molecule has 0 unspecified atom stereocenters. The average molecular weight is 851 g/mol. The fourth-order valence-corrected chi connectivity index (χ4v) is 12.9. The second kappa shape index (κ2) is 13.7. The Hall–Kier alpha value is -7.20. The summed E-state index contributed by atoms with van der Waals surface area (Å²) in [5, 5.41) is 4.60. The Morgan fingerprint density at radius 3 is 1.14 bits per heavy atom. The molecule has 0 amide bonds. The van der Waals surface area contributed by atoms with Gasteiger partial charge in [-0.2, -0.15) is 0 Å². The molecule has 0 fully saturated rings. The molecule has 2 aliphatic carbocycles. The molecule has 65 heavy (non-hydrogen) atoms. The summed E-state index contributed by atoms with van der Waals surface area (Å²) in [5.41, 5.74) is 23.9. The zero-order valence-corrected chi connectivity index (χ0v) is 38.3. The minimum absolute atomic E-state index is 0.137. The van der Waals surface area contributed by atoms with Crippen LogP contribution in [-0.2, 0) is 10.8 Å². The van der Waals surface area contributed by atoms with Crippen LogP contribution in [0.15, 0.2) is 170 Å². The van der Waals surface area contributed by atoms with Crippen molar-refractivity contribution >= 4 is 54.9 Å². The van der Waals surface area contributed by atoms with Crippen LogP contribution < -0.4 is 0 Å². The first-order valence-electron chi connectivity index (χ1n) is 22.8. The van der Waals surface area contributed by atoms with Gasteiger partial charge in [0.2, 0.25) is 0 Å². The van der Waals surface area contributed by atoms with Gasteiger partial charge in [-0.25, -0.2) is 9.97 Å². The standard InChI is InChI=1S/C62H46N2S/c1-35-17-7-9-19-39(35)37-29-31-41-42-32-30-38(40-20-10-8-18-36(40)2)34-48(42)56-55(47(41)33-37)63-57-58(64-56)60(46-24-16-28-52-54(46)44-22-12-14-26-50(44)62(52,5)6)65-59(57)45-23-15-27-51-53(45)43-21-11-13-25-49(43)61(51,3)4/h7-34H,1-6H3. The van der Waals surface area contributed by atoms with Crippen molar-refractivity contribution in [3.05, 3.63) is 203 Å². The number of nitrogens with zero attached hydrogens (tertiary/aromatic N) is 2. The molecule has 2 nitrogen and oxygen atoms in total. The summed E-state index contributed by atoms with van der Waals surface area (Å²) in [6.45, 7) is 13.9. The summed E-state index contributed by atoms with van der Waals surface area (Å²) in [6, 6.07) is 63.1. The largest absolute Gasteiger partial charge is 0.242 e. The van der Waals surface area contributed by atoms with E-state index in [0.717, 1.165) is 42.6 Å². The Morgan fingerprint density at radius 2 is 0.708 bits per heavy atom. The molecule has 9 aromatic carbocycles. The third-order valence-electron chi connectivity index (χ3n) is 15.0. The highest BCUT2D eigenvalue weighted by Gasteiger charge is 2.39. The van der Waals surface area contributed by atoms with Gasteiger partial charge in [0.1, 0.15) is 11.0 Å². The molecule has 310 valence electrons. The zero-order valence-electron chi connectivity index (χ0n) is 37.5. The van der Waals surface area contributed by atoms with Crippen LogP contribution in [0.5, 0.6) is 0 Å².